The van der Waals surface area contributed by atoms with Crippen molar-refractivity contribution < 1.29 is 4.79 Å². The number of H-pyrrole nitrogens is 1. The maximum absolute atomic E-state index is 11.7. The van der Waals surface area contributed by atoms with Crippen LogP contribution in [0.1, 0.15) is 28.8 Å². The van der Waals surface area contributed by atoms with Crippen LogP contribution in [-0.2, 0) is 0 Å². The van der Waals surface area contributed by atoms with Crippen LogP contribution in [0.3, 0.4) is 0 Å². The Morgan fingerprint density at radius 1 is 1.60 bits per heavy atom. The molecule has 1 aromatic rings. The first-order valence-corrected chi connectivity index (χ1v) is 5.42. The lowest BCUT2D eigenvalue weighted by Crippen LogP contribution is -2.37. The summed E-state index contributed by atoms with van der Waals surface area (Å²) in [7, 11) is 0. The maximum Gasteiger partial charge on any atom is 0.253 e. The second kappa shape index (κ2) is 4.49. The molecule has 2 rings (SSSR count). The van der Waals surface area contributed by atoms with Crippen molar-refractivity contribution in [3.05, 3.63) is 23.5 Å². The van der Waals surface area contributed by atoms with Gasteiger partial charge in [-0.15, -0.1) is 0 Å². The van der Waals surface area contributed by atoms with Gasteiger partial charge in [0.25, 0.3) is 5.91 Å². The van der Waals surface area contributed by atoms with Crippen LogP contribution in [0.15, 0.2) is 12.4 Å². The van der Waals surface area contributed by atoms with E-state index in [-0.39, 0.29) is 5.91 Å². The Morgan fingerprint density at radius 3 is 3.07 bits per heavy atom. The number of aromatic nitrogens is 1. The third-order valence-electron chi connectivity index (χ3n) is 2.87. The van der Waals surface area contributed by atoms with Crippen molar-refractivity contribution in [2.24, 2.45) is 0 Å². The fourth-order valence-electron chi connectivity index (χ4n) is 1.93. The van der Waals surface area contributed by atoms with E-state index in [9.17, 15) is 4.79 Å². The van der Waals surface area contributed by atoms with Gasteiger partial charge in [-0.3, -0.25) is 4.79 Å². The lowest BCUT2D eigenvalue weighted by atomic mass is 10.2. The van der Waals surface area contributed by atoms with E-state index in [4.69, 9.17) is 0 Å². The van der Waals surface area contributed by atoms with E-state index in [1.807, 2.05) is 13.1 Å². The summed E-state index contributed by atoms with van der Waals surface area (Å²) < 4.78 is 0. The van der Waals surface area contributed by atoms with Gasteiger partial charge in [0.1, 0.15) is 0 Å². The van der Waals surface area contributed by atoms with Crippen LogP contribution < -0.4 is 10.6 Å². The Balaban J connectivity index is 1.84. The Hall–Kier alpha value is -1.29. The number of rotatable bonds is 3. The van der Waals surface area contributed by atoms with Crippen molar-refractivity contribution in [2.45, 2.75) is 25.8 Å². The molecule has 3 N–H and O–H groups in total. The Kier molecular flexibility index (Phi) is 3.06. The smallest absolute Gasteiger partial charge is 0.253 e. The Labute approximate surface area is 89.5 Å². The van der Waals surface area contributed by atoms with E-state index in [1.54, 1.807) is 6.20 Å². The number of hydrogen-bond acceptors (Lipinski definition) is 2. The SMILES string of the molecule is Cc1c[nH]cc1C(=O)NCC1CCCN1. The lowest BCUT2D eigenvalue weighted by molar-refractivity contribution is 0.0950. The molecular weight excluding hydrogens is 190 g/mol. The number of aryl methyl sites for hydroxylation is 1. The average molecular weight is 207 g/mol. The monoisotopic (exact) mass is 207 g/mol. The molecule has 1 aliphatic rings. The highest BCUT2D eigenvalue weighted by molar-refractivity contribution is 5.95. The van der Waals surface area contributed by atoms with E-state index in [2.05, 4.69) is 15.6 Å². The predicted molar refractivity (Wildman–Crippen MR) is 58.9 cm³/mol. The molecule has 2 heterocycles. The molecule has 1 atom stereocenters. The van der Waals surface area contributed by atoms with E-state index >= 15 is 0 Å². The minimum absolute atomic E-state index is 0.0162. The zero-order valence-corrected chi connectivity index (χ0v) is 8.97. The molecule has 0 bridgehead atoms. The van der Waals surface area contributed by atoms with Crippen LogP contribution in [0.25, 0.3) is 0 Å². The molecule has 4 nitrogen and oxygen atoms in total. The van der Waals surface area contributed by atoms with Gasteiger partial charge < -0.3 is 15.6 Å². The summed E-state index contributed by atoms with van der Waals surface area (Å²) in [5, 5.41) is 6.30. The lowest BCUT2D eigenvalue weighted by Gasteiger charge is -2.11. The summed E-state index contributed by atoms with van der Waals surface area (Å²) >= 11 is 0. The molecule has 0 radical (unpaired) electrons. The van der Waals surface area contributed by atoms with Crippen LogP contribution in [0.5, 0.6) is 0 Å². The van der Waals surface area contributed by atoms with Crippen molar-refractivity contribution in [1.82, 2.24) is 15.6 Å². The zero-order valence-electron chi connectivity index (χ0n) is 8.97. The van der Waals surface area contributed by atoms with Crippen molar-refractivity contribution in [1.29, 1.82) is 0 Å². The van der Waals surface area contributed by atoms with Crippen molar-refractivity contribution in [3.8, 4) is 0 Å². The average Bonchev–Trinajstić information content (AvgIpc) is 2.84. The molecule has 1 aliphatic heterocycles. The second-order valence-electron chi connectivity index (χ2n) is 4.06. The summed E-state index contributed by atoms with van der Waals surface area (Å²) in [6.45, 7) is 3.73. The summed E-state index contributed by atoms with van der Waals surface area (Å²) in [5.41, 5.74) is 1.74. The van der Waals surface area contributed by atoms with Crippen LogP contribution in [0, 0.1) is 6.92 Å². The normalized spacial score (nSPS) is 20.5. The Bertz CT molecular complexity index is 339. The molecule has 1 saturated heterocycles. The van der Waals surface area contributed by atoms with E-state index < -0.39 is 0 Å². The van der Waals surface area contributed by atoms with E-state index in [1.165, 1.54) is 6.42 Å². The zero-order chi connectivity index (χ0) is 10.7. The van der Waals surface area contributed by atoms with Gasteiger partial charge in [0, 0.05) is 25.0 Å². The van der Waals surface area contributed by atoms with Crippen molar-refractivity contribution in [3.63, 3.8) is 0 Å². The molecule has 0 aliphatic carbocycles. The molecule has 4 heteroatoms. The first-order chi connectivity index (χ1) is 7.27. The molecule has 15 heavy (non-hydrogen) atoms. The summed E-state index contributed by atoms with van der Waals surface area (Å²) in [6.07, 6.45) is 5.95. The van der Waals surface area contributed by atoms with Gasteiger partial charge in [-0.25, -0.2) is 0 Å². The number of carbonyl (C=O) groups is 1. The third-order valence-corrected chi connectivity index (χ3v) is 2.87. The first-order valence-electron chi connectivity index (χ1n) is 5.42. The molecule has 1 aromatic heterocycles. The number of amides is 1. The number of aromatic amines is 1. The molecule has 1 unspecified atom stereocenters. The van der Waals surface area contributed by atoms with Gasteiger partial charge in [0.2, 0.25) is 0 Å². The van der Waals surface area contributed by atoms with Crippen LogP contribution in [0.4, 0.5) is 0 Å². The fraction of sp³-hybridized carbons (Fsp3) is 0.545. The van der Waals surface area contributed by atoms with Gasteiger partial charge >= 0.3 is 0 Å². The molecule has 1 amide bonds. The van der Waals surface area contributed by atoms with Crippen molar-refractivity contribution in [2.75, 3.05) is 13.1 Å². The van der Waals surface area contributed by atoms with E-state index in [0.29, 0.717) is 6.04 Å². The molecule has 82 valence electrons. The Morgan fingerprint density at radius 2 is 2.47 bits per heavy atom. The number of hydrogen-bond donors (Lipinski definition) is 3. The number of nitrogens with one attached hydrogen (secondary N) is 3. The van der Waals surface area contributed by atoms with Gasteiger partial charge in [0.05, 0.1) is 5.56 Å². The highest BCUT2D eigenvalue weighted by atomic mass is 16.1. The summed E-state index contributed by atoms with van der Waals surface area (Å²) in [5.74, 6) is 0.0162. The summed E-state index contributed by atoms with van der Waals surface area (Å²) in [6, 6.07) is 0.452. The standard InChI is InChI=1S/C11H17N3O/c1-8-5-12-7-10(8)11(15)14-6-9-3-2-4-13-9/h5,7,9,12-13H,2-4,6H2,1H3,(H,14,15). The largest absolute Gasteiger partial charge is 0.367 e. The second-order valence-corrected chi connectivity index (χ2v) is 4.06. The van der Waals surface area contributed by atoms with Crippen LogP contribution in [0.2, 0.25) is 0 Å². The maximum atomic E-state index is 11.7. The third kappa shape index (κ3) is 2.39. The number of carbonyl (C=O) groups excluding carboxylic acids is 1. The highest BCUT2D eigenvalue weighted by Crippen LogP contribution is 2.07. The van der Waals surface area contributed by atoms with Crippen molar-refractivity contribution >= 4 is 5.91 Å². The fourth-order valence-corrected chi connectivity index (χ4v) is 1.93. The van der Waals surface area contributed by atoms with Gasteiger partial charge in [-0.1, -0.05) is 0 Å². The van der Waals surface area contributed by atoms with Gasteiger partial charge in [0.15, 0.2) is 0 Å². The highest BCUT2D eigenvalue weighted by Gasteiger charge is 2.16. The first kappa shape index (κ1) is 10.2. The molecule has 0 saturated carbocycles. The topological polar surface area (TPSA) is 56.9 Å². The van der Waals surface area contributed by atoms with Crippen LogP contribution >= 0.6 is 0 Å². The molecule has 1 fully saturated rings. The summed E-state index contributed by atoms with van der Waals surface area (Å²) in [4.78, 5) is 14.7. The minimum atomic E-state index is 0.0162. The van der Waals surface area contributed by atoms with Crippen LogP contribution in [-0.4, -0.2) is 30.0 Å². The quantitative estimate of drug-likeness (QED) is 0.687. The minimum Gasteiger partial charge on any atom is -0.367 e. The molecular formula is C11H17N3O. The van der Waals surface area contributed by atoms with Gasteiger partial charge in [-0.05, 0) is 31.9 Å². The van der Waals surface area contributed by atoms with E-state index in [0.717, 1.165) is 30.6 Å². The molecule has 0 spiro atoms. The van der Waals surface area contributed by atoms with Gasteiger partial charge in [-0.2, -0.15) is 0 Å². The predicted octanol–water partition coefficient (Wildman–Crippen LogP) is 0.805. The molecule has 0 aromatic carbocycles.